The fourth-order valence-electron chi connectivity index (χ4n) is 2.25. The number of methoxy groups -OCH3 is 1. The number of hydrogen-bond donors (Lipinski definition) is 1. The Morgan fingerprint density at radius 1 is 1.32 bits per heavy atom. The lowest BCUT2D eigenvalue weighted by Gasteiger charge is -2.31. The Morgan fingerprint density at radius 3 is 2.32 bits per heavy atom. The maximum atomic E-state index is 11.9. The Kier molecular flexibility index (Phi) is 5.36. The minimum absolute atomic E-state index is 0.115. The summed E-state index contributed by atoms with van der Waals surface area (Å²) in [5.41, 5.74) is 0.387. The van der Waals surface area contributed by atoms with Gasteiger partial charge in [-0.05, 0) is 45.5 Å². The van der Waals surface area contributed by atoms with Gasteiger partial charge in [0.2, 0.25) is 0 Å². The van der Waals surface area contributed by atoms with Gasteiger partial charge in [-0.15, -0.1) is 0 Å². The van der Waals surface area contributed by atoms with Crippen molar-refractivity contribution in [2.24, 2.45) is 5.41 Å². The molecule has 1 rings (SSSR count). The van der Waals surface area contributed by atoms with E-state index < -0.39 is 5.41 Å². The number of benzene rings is 1. The van der Waals surface area contributed by atoms with Crippen molar-refractivity contribution in [3.63, 3.8) is 0 Å². The zero-order chi connectivity index (χ0) is 14.5. The quantitative estimate of drug-likeness (QED) is 0.803. The predicted octanol–water partition coefficient (Wildman–Crippen LogP) is 2.55. The monoisotopic (exact) mass is 265 g/mol. The first-order chi connectivity index (χ1) is 8.97. The molecular weight excluding hydrogens is 242 g/mol. The van der Waals surface area contributed by atoms with Crippen LogP contribution in [0.5, 0.6) is 5.75 Å². The summed E-state index contributed by atoms with van der Waals surface area (Å²) in [5, 5.41) is 3.18. The van der Waals surface area contributed by atoms with Gasteiger partial charge in [-0.2, -0.15) is 0 Å². The maximum absolute atomic E-state index is 11.9. The van der Waals surface area contributed by atoms with E-state index in [4.69, 9.17) is 9.47 Å². The fourth-order valence-corrected chi connectivity index (χ4v) is 2.25. The molecule has 1 aromatic rings. The molecule has 0 bridgehead atoms. The third kappa shape index (κ3) is 3.47. The first kappa shape index (κ1) is 15.5. The number of nitrogens with one attached hydrogen (secondary N) is 1. The van der Waals surface area contributed by atoms with Crippen LogP contribution in [0.15, 0.2) is 24.3 Å². The maximum Gasteiger partial charge on any atom is 0.313 e. The van der Waals surface area contributed by atoms with Crippen molar-refractivity contribution in [1.29, 1.82) is 0 Å². The number of esters is 1. The predicted molar refractivity (Wildman–Crippen MR) is 75.2 cm³/mol. The number of rotatable bonds is 6. The summed E-state index contributed by atoms with van der Waals surface area (Å²) in [7, 11) is 3.25. The molecule has 0 aromatic heterocycles. The zero-order valence-corrected chi connectivity index (χ0v) is 12.3. The molecule has 1 unspecified atom stereocenters. The Bertz CT molecular complexity index is 412. The van der Waals surface area contributed by atoms with E-state index in [1.807, 2.05) is 52.1 Å². The second kappa shape index (κ2) is 6.57. The lowest BCUT2D eigenvalue weighted by molar-refractivity contribution is -0.152. The van der Waals surface area contributed by atoms with Crippen molar-refractivity contribution in [3.05, 3.63) is 29.8 Å². The van der Waals surface area contributed by atoms with Crippen LogP contribution in [0.2, 0.25) is 0 Å². The molecule has 0 fully saturated rings. The molecule has 0 aliphatic carbocycles. The van der Waals surface area contributed by atoms with Crippen molar-refractivity contribution in [2.75, 3.05) is 20.8 Å². The number of carbonyl (C=O) groups excluding carboxylic acids is 1. The van der Waals surface area contributed by atoms with Crippen molar-refractivity contribution >= 4 is 5.97 Å². The van der Waals surface area contributed by atoms with Crippen molar-refractivity contribution in [3.8, 4) is 5.75 Å². The zero-order valence-electron chi connectivity index (χ0n) is 12.3. The topological polar surface area (TPSA) is 47.6 Å². The molecule has 0 amide bonds. The molecule has 0 radical (unpaired) electrons. The summed E-state index contributed by atoms with van der Waals surface area (Å²) in [5.74, 6) is 0.595. The SMILES string of the molecule is CCOc1ccc(C(NC)C(C)(C)C(=O)OC)cc1. The highest BCUT2D eigenvalue weighted by atomic mass is 16.5. The number of hydrogen-bond acceptors (Lipinski definition) is 4. The normalized spacial score (nSPS) is 12.9. The van der Waals surface area contributed by atoms with Crippen molar-refractivity contribution in [2.45, 2.75) is 26.8 Å². The molecule has 1 N–H and O–H groups in total. The Balaban J connectivity index is 2.99. The molecule has 1 aromatic carbocycles. The molecule has 4 nitrogen and oxygen atoms in total. The van der Waals surface area contributed by atoms with E-state index in [1.165, 1.54) is 7.11 Å². The summed E-state index contributed by atoms with van der Waals surface area (Å²) in [4.78, 5) is 11.9. The van der Waals surface area contributed by atoms with Gasteiger partial charge in [0.1, 0.15) is 5.75 Å². The third-order valence-corrected chi connectivity index (χ3v) is 3.25. The Labute approximate surface area is 115 Å². The van der Waals surface area contributed by atoms with Crippen LogP contribution < -0.4 is 10.1 Å². The summed E-state index contributed by atoms with van der Waals surface area (Å²) in [6, 6.07) is 7.65. The smallest absolute Gasteiger partial charge is 0.313 e. The summed E-state index contributed by atoms with van der Waals surface area (Å²) in [6.07, 6.45) is 0. The highest BCUT2D eigenvalue weighted by Gasteiger charge is 2.37. The van der Waals surface area contributed by atoms with Crippen LogP contribution in [-0.4, -0.2) is 26.7 Å². The Hall–Kier alpha value is -1.55. The summed E-state index contributed by atoms with van der Waals surface area (Å²) < 4.78 is 10.3. The summed E-state index contributed by atoms with van der Waals surface area (Å²) in [6.45, 7) is 6.33. The van der Waals surface area contributed by atoms with E-state index in [1.54, 1.807) is 0 Å². The van der Waals surface area contributed by atoms with Crippen LogP contribution in [-0.2, 0) is 9.53 Å². The first-order valence-corrected chi connectivity index (χ1v) is 6.45. The highest BCUT2D eigenvalue weighted by Crippen LogP contribution is 2.34. The molecule has 4 heteroatoms. The van der Waals surface area contributed by atoms with E-state index in [0.29, 0.717) is 6.61 Å². The summed E-state index contributed by atoms with van der Waals surface area (Å²) >= 11 is 0. The highest BCUT2D eigenvalue weighted by molar-refractivity contribution is 5.77. The molecule has 0 aliphatic heterocycles. The lowest BCUT2D eigenvalue weighted by atomic mass is 9.80. The molecule has 0 aliphatic rings. The van der Waals surface area contributed by atoms with E-state index in [-0.39, 0.29) is 12.0 Å². The molecule has 106 valence electrons. The third-order valence-electron chi connectivity index (χ3n) is 3.25. The molecule has 0 heterocycles. The van der Waals surface area contributed by atoms with Gasteiger partial charge in [0.15, 0.2) is 0 Å². The van der Waals surface area contributed by atoms with Gasteiger partial charge < -0.3 is 14.8 Å². The average molecular weight is 265 g/mol. The van der Waals surface area contributed by atoms with E-state index in [0.717, 1.165) is 11.3 Å². The fraction of sp³-hybridized carbons (Fsp3) is 0.533. The van der Waals surface area contributed by atoms with Gasteiger partial charge >= 0.3 is 5.97 Å². The van der Waals surface area contributed by atoms with Gasteiger partial charge in [0.25, 0.3) is 0 Å². The van der Waals surface area contributed by atoms with Gasteiger partial charge in [0, 0.05) is 6.04 Å². The largest absolute Gasteiger partial charge is 0.494 e. The first-order valence-electron chi connectivity index (χ1n) is 6.45. The van der Waals surface area contributed by atoms with E-state index >= 15 is 0 Å². The van der Waals surface area contributed by atoms with Gasteiger partial charge in [-0.25, -0.2) is 0 Å². The minimum atomic E-state index is -0.642. The van der Waals surface area contributed by atoms with Crippen LogP contribution in [0.25, 0.3) is 0 Å². The van der Waals surface area contributed by atoms with Gasteiger partial charge in [0.05, 0.1) is 19.1 Å². The van der Waals surface area contributed by atoms with E-state index in [9.17, 15) is 4.79 Å². The van der Waals surface area contributed by atoms with Gasteiger partial charge in [-0.1, -0.05) is 12.1 Å². The molecule has 0 saturated heterocycles. The second-order valence-electron chi connectivity index (χ2n) is 4.94. The van der Waals surface area contributed by atoms with Crippen LogP contribution in [0.3, 0.4) is 0 Å². The molecule has 0 spiro atoms. The van der Waals surface area contributed by atoms with Crippen LogP contribution in [0.4, 0.5) is 0 Å². The van der Waals surface area contributed by atoms with Crippen molar-refractivity contribution < 1.29 is 14.3 Å². The number of ether oxygens (including phenoxy) is 2. The lowest BCUT2D eigenvalue weighted by Crippen LogP contribution is -2.39. The molecule has 1 atom stereocenters. The van der Waals surface area contributed by atoms with Crippen LogP contribution in [0, 0.1) is 5.41 Å². The average Bonchev–Trinajstić information content (AvgIpc) is 2.40. The minimum Gasteiger partial charge on any atom is -0.494 e. The molecule has 0 saturated carbocycles. The van der Waals surface area contributed by atoms with Gasteiger partial charge in [-0.3, -0.25) is 4.79 Å². The second-order valence-corrected chi connectivity index (χ2v) is 4.94. The van der Waals surface area contributed by atoms with E-state index in [2.05, 4.69) is 5.32 Å². The molecule has 19 heavy (non-hydrogen) atoms. The standard InChI is InChI=1S/C15H23NO3/c1-6-19-12-9-7-11(8-10-12)13(16-4)15(2,3)14(17)18-5/h7-10,13,16H,6H2,1-5H3. The Morgan fingerprint density at radius 2 is 1.89 bits per heavy atom. The van der Waals surface area contributed by atoms with Crippen LogP contribution in [0.1, 0.15) is 32.4 Å². The van der Waals surface area contributed by atoms with Crippen LogP contribution >= 0.6 is 0 Å². The molecular formula is C15H23NO3. The number of carbonyl (C=O) groups is 1. The van der Waals surface area contributed by atoms with Crippen molar-refractivity contribution in [1.82, 2.24) is 5.32 Å².